The molecule has 3 heterocycles. The highest BCUT2D eigenvalue weighted by atomic mass is 16.2. The van der Waals surface area contributed by atoms with Crippen LogP contribution in [0.5, 0.6) is 0 Å². The molecule has 1 aromatic carbocycles. The van der Waals surface area contributed by atoms with E-state index < -0.39 is 29.7 Å². The van der Waals surface area contributed by atoms with Crippen LogP contribution >= 0.6 is 0 Å². The van der Waals surface area contributed by atoms with Crippen molar-refractivity contribution in [1.82, 2.24) is 19.8 Å². The van der Waals surface area contributed by atoms with Gasteiger partial charge in [-0.05, 0) is 44.0 Å². The first kappa shape index (κ1) is 20.7. The molecule has 10 nitrogen and oxygen atoms in total. The molecule has 4 N–H and O–H groups in total. The molecule has 0 saturated carbocycles. The SMILES string of the molecule is NCCCCn1cnc(CNc2ccc3c(c2)C(=O)N(C2CCC(=O)NC2=O)C3=O)c1. The molecule has 2 aromatic rings. The van der Waals surface area contributed by atoms with Gasteiger partial charge in [0.2, 0.25) is 11.8 Å². The lowest BCUT2D eigenvalue weighted by atomic mass is 10.0. The zero-order chi connectivity index (χ0) is 22.0. The normalized spacial score (nSPS) is 18.4. The maximum Gasteiger partial charge on any atom is 0.262 e. The number of aromatic nitrogens is 2. The summed E-state index contributed by atoms with van der Waals surface area (Å²) in [6, 6.07) is 3.94. The number of imide groups is 2. The summed E-state index contributed by atoms with van der Waals surface area (Å²) in [4.78, 5) is 54.4. The molecule has 162 valence electrons. The second kappa shape index (κ2) is 8.68. The van der Waals surface area contributed by atoms with Crippen LogP contribution in [0, 0.1) is 0 Å². The third kappa shape index (κ3) is 4.19. The summed E-state index contributed by atoms with van der Waals surface area (Å²) in [5.41, 5.74) is 7.53. The third-order valence-corrected chi connectivity index (χ3v) is 5.47. The van der Waals surface area contributed by atoms with Gasteiger partial charge in [-0.1, -0.05) is 0 Å². The second-order valence-electron chi connectivity index (χ2n) is 7.66. The average molecular weight is 424 g/mol. The van der Waals surface area contributed by atoms with Crippen molar-refractivity contribution in [2.45, 2.75) is 44.8 Å². The fourth-order valence-electron chi connectivity index (χ4n) is 3.83. The van der Waals surface area contributed by atoms with E-state index in [-0.39, 0.29) is 24.0 Å². The Labute approximate surface area is 178 Å². The number of carbonyl (C=O) groups is 4. The molecular weight excluding hydrogens is 400 g/mol. The molecule has 4 rings (SSSR count). The standard InChI is InChI=1S/C21H24N6O4/c22-7-1-2-8-26-11-14(24-12-26)10-23-13-3-4-15-16(9-13)21(31)27(20(15)30)17-5-6-18(28)25-19(17)29/h3-4,9,11-12,17,23H,1-2,5-8,10,22H2,(H,25,28,29). The maximum absolute atomic E-state index is 12.9. The van der Waals surface area contributed by atoms with E-state index in [2.05, 4.69) is 15.6 Å². The molecule has 2 aliphatic rings. The van der Waals surface area contributed by atoms with Crippen molar-refractivity contribution < 1.29 is 19.2 Å². The monoisotopic (exact) mass is 424 g/mol. The number of piperidine rings is 1. The number of amides is 4. The first-order valence-electron chi connectivity index (χ1n) is 10.3. The van der Waals surface area contributed by atoms with Crippen molar-refractivity contribution in [3.63, 3.8) is 0 Å². The van der Waals surface area contributed by atoms with E-state index in [0.717, 1.165) is 30.0 Å². The summed E-state index contributed by atoms with van der Waals surface area (Å²) in [6.07, 6.45) is 5.91. The molecule has 2 aliphatic heterocycles. The summed E-state index contributed by atoms with van der Waals surface area (Å²) < 4.78 is 2.01. The molecule has 1 unspecified atom stereocenters. The van der Waals surface area contributed by atoms with Crippen LogP contribution in [0.4, 0.5) is 5.69 Å². The Bertz CT molecular complexity index is 1050. The Morgan fingerprint density at radius 2 is 1.94 bits per heavy atom. The maximum atomic E-state index is 12.9. The Morgan fingerprint density at radius 3 is 2.71 bits per heavy atom. The number of unbranched alkanes of at least 4 members (excludes halogenated alkanes) is 1. The van der Waals surface area contributed by atoms with Crippen molar-refractivity contribution in [2.24, 2.45) is 5.73 Å². The molecule has 0 aliphatic carbocycles. The smallest absolute Gasteiger partial charge is 0.262 e. The molecule has 1 saturated heterocycles. The number of hydrogen-bond donors (Lipinski definition) is 3. The Balaban J connectivity index is 1.43. The molecule has 1 aromatic heterocycles. The number of imidazole rings is 1. The van der Waals surface area contributed by atoms with Crippen molar-refractivity contribution in [3.05, 3.63) is 47.5 Å². The highest BCUT2D eigenvalue weighted by molar-refractivity contribution is 6.23. The molecule has 0 spiro atoms. The number of benzene rings is 1. The third-order valence-electron chi connectivity index (χ3n) is 5.47. The van der Waals surface area contributed by atoms with Gasteiger partial charge in [0.1, 0.15) is 6.04 Å². The minimum Gasteiger partial charge on any atom is -0.379 e. The van der Waals surface area contributed by atoms with Crippen LogP contribution in [0.15, 0.2) is 30.7 Å². The molecule has 1 atom stereocenters. The van der Waals surface area contributed by atoms with Gasteiger partial charge in [0.25, 0.3) is 11.8 Å². The molecular formula is C21H24N6O4. The van der Waals surface area contributed by atoms with Crippen LogP contribution in [0.3, 0.4) is 0 Å². The number of nitrogens with zero attached hydrogens (tertiary/aromatic N) is 3. The first-order chi connectivity index (χ1) is 15.0. The summed E-state index contributed by atoms with van der Waals surface area (Å²) >= 11 is 0. The van der Waals surface area contributed by atoms with Gasteiger partial charge in [-0.15, -0.1) is 0 Å². The number of fused-ring (bicyclic) bond motifs is 1. The van der Waals surface area contributed by atoms with Gasteiger partial charge >= 0.3 is 0 Å². The number of aryl methyl sites for hydroxylation is 1. The molecule has 4 amide bonds. The highest BCUT2D eigenvalue weighted by Gasteiger charge is 2.44. The van der Waals surface area contributed by atoms with Crippen LogP contribution in [0.2, 0.25) is 0 Å². The largest absolute Gasteiger partial charge is 0.379 e. The lowest BCUT2D eigenvalue weighted by Crippen LogP contribution is -2.54. The fourth-order valence-corrected chi connectivity index (χ4v) is 3.83. The number of rotatable bonds is 8. The van der Waals surface area contributed by atoms with E-state index in [1.807, 2.05) is 10.8 Å². The lowest BCUT2D eigenvalue weighted by molar-refractivity contribution is -0.136. The second-order valence-corrected chi connectivity index (χ2v) is 7.66. The minimum atomic E-state index is -0.968. The van der Waals surface area contributed by atoms with Gasteiger partial charge in [0.05, 0.1) is 29.7 Å². The van der Waals surface area contributed by atoms with Crippen molar-refractivity contribution in [1.29, 1.82) is 0 Å². The zero-order valence-corrected chi connectivity index (χ0v) is 17.0. The van der Waals surface area contributed by atoms with E-state index in [1.165, 1.54) is 0 Å². The summed E-state index contributed by atoms with van der Waals surface area (Å²) in [5.74, 6) is -2.06. The first-order valence-corrected chi connectivity index (χ1v) is 10.3. The van der Waals surface area contributed by atoms with Crippen molar-refractivity contribution >= 4 is 29.3 Å². The molecule has 31 heavy (non-hydrogen) atoms. The Morgan fingerprint density at radius 1 is 1.13 bits per heavy atom. The van der Waals surface area contributed by atoms with Crippen molar-refractivity contribution in [3.8, 4) is 0 Å². The minimum absolute atomic E-state index is 0.0927. The van der Waals surface area contributed by atoms with Crippen LogP contribution in [-0.2, 0) is 22.7 Å². The molecule has 1 fully saturated rings. The number of anilines is 1. The topological polar surface area (TPSA) is 139 Å². The van der Waals surface area contributed by atoms with E-state index in [0.29, 0.717) is 18.8 Å². The highest BCUT2D eigenvalue weighted by Crippen LogP contribution is 2.29. The van der Waals surface area contributed by atoms with Crippen LogP contribution in [-0.4, -0.2) is 50.7 Å². The predicted molar refractivity (Wildman–Crippen MR) is 111 cm³/mol. The fraction of sp³-hybridized carbons (Fsp3) is 0.381. The Hall–Kier alpha value is -3.53. The van der Waals surface area contributed by atoms with Gasteiger partial charge < -0.3 is 15.6 Å². The predicted octanol–water partition coefficient (Wildman–Crippen LogP) is 0.635. The van der Waals surface area contributed by atoms with Gasteiger partial charge in [0.15, 0.2) is 0 Å². The van der Waals surface area contributed by atoms with E-state index in [9.17, 15) is 19.2 Å². The number of hydrogen-bond acceptors (Lipinski definition) is 7. The van der Waals surface area contributed by atoms with Crippen LogP contribution in [0.25, 0.3) is 0 Å². The number of carbonyl (C=O) groups excluding carboxylic acids is 4. The van der Waals surface area contributed by atoms with Crippen molar-refractivity contribution in [2.75, 3.05) is 11.9 Å². The summed E-state index contributed by atoms with van der Waals surface area (Å²) in [5, 5.41) is 5.40. The van der Waals surface area contributed by atoms with E-state index >= 15 is 0 Å². The van der Waals surface area contributed by atoms with Gasteiger partial charge in [-0.2, -0.15) is 0 Å². The molecule has 0 bridgehead atoms. The summed E-state index contributed by atoms with van der Waals surface area (Å²) in [7, 11) is 0. The van der Waals surface area contributed by atoms with Gasteiger partial charge in [0, 0.05) is 24.8 Å². The average Bonchev–Trinajstić information content (AvgIpc) is 3.30. The zero-order valence-electron chi connectivity index (χ0n) is 17.0. The quantitative estimate of drug-likeness (QED) is 0.417. The summed E-state index contributed by atoms with van der Waals surface area (Å²) in [6.45, 7) is 1.99. The van der Waals surface area contributed by atoms with Crippen LogP contribution in [0.1, 0.15) is 52.1 Å². The Kier molecular flexibility index (Phi) is 5.81. The van der Waals surface area contributed by atoms with E-state index in [4.69, 9.17) is 5.73 Å². The van der Waals surface area contributed by atoms with Gasteiger partial charge in [-0.25, -0.2) is 4.98 Å². The molecule has 0 radical (unpaired) electrons. The van der Waals surface area contributed by atoms with Crippen LogP contribution < -0.4 is 16.4 Å². The number of nitrogens with one attached hydrogen (secondary N) is 2. The number of nitrogens with two attached hydrogens (primary N) is 1. The van der Waals surface area contributed by atoms with Gasteiger partial charge in [-0.3, -0.25) is 29.4 Å². The molecule has 10 heteroatoms. The van der Waals surface area contributed by atoms with E-state index in [1.54, 1.807) is 24.5 Å². The lowest BCUT2D eigenvalue weighted by Gasteiger charge is -2.27.